The molecule has 25 heavy (non-hydrogen) atoms. The van der Waals surface area contributed by atoms with Gasteiger partial charge in [-0.1, -0.05) is 47.5 Å². The molecule has 0 bridgehead atoms. The van der Waals surface area contributed by atoms with Crippen LogP contribution in [0.5, 0.6) is 0 Å². The van der Waals surface area contributed by atoms with Gasteiger partial charge in [0.1, 0.15) is 0 Å². The highest BCUT2D eigenvalue weighted by atomic mass is 35.5. The van der Waals surface area contributed by atoms with Crippen LogP contribution in [0.3, 0.4) is 0 Å². The summed E-state index contributed by atoms with van der Waals surface area (Å²) in [5, 5.41) is 3.31. The van der Waals surface area contributed by atoms with E-state index in [4.69, 9.17) is 23.2 Å². The van der Waals surface area contributed by atoms with Crippen LogP contribution in [-0.4, -0.2) is 27.1 Å². The lowest BCUT2D eigenvalue weighted by Crippen LogP contribution is -2.31. The zero-order valence-electron chi connectivity index (χ0n) is 13.6. The molecule has 134 valence electrons. The molecule has 0 aromatic heterocycles. The van der Waals surface area contributed by atoms with Gasteiger partial charge in [0.2, 0.25) is 15.9 Å². The van der Waals surface area contributed by atoms with Crippen LogP contribution in [0.4, 0.5) is 11.4 Å². The lowest BCUT2D eigenvalue weighted by Gasteiger charge is -2.22. The van der Waals surface area contributed by atoms with E-state index < -0.39 is 10.0 Å². The second-order valence-electron chi connectivity index (χ2n) is 5.42. The molecule has 2 aromatic carbocycles. The molecule has 5 nitrogen and oxygen atoms in total. The molecule has 0 aliphatic heterocycles. The third kappa shape index (κ3) is 5.63. The number of sulfonamides is 1. The number of hydrogen-bond donors (Lipinski definition) is 1. The molecule has 0 unspecified atom stereocenters. The predicted molar refractivity (Wildman–Crippen MR) is 103 cm³/mol. The molecule has 0 atom stereocenters. The van der Waals surface area contributed by atoms with Crippen LogP contribution in [0.1, 0.15) is 12.8 Å². The molecule has 8 heteroatoms. The van der Waals surface area contributed by atoms with E-state index in [-0.39, 0.29) is 23.9 Å². The third-order valence-corrected chi connectivity index (χ3v) is 5.45. The maximum Gasteiger partial charge on any atom is 0.232 e. The van der Waals surface area contributed by atoms with Crippen LogP contribution in [0, 0.1) is 0 Å². The number of nitrogens with one attached hydrogen (secondary N) is 1. The summed E-state index contributed by atoms with van der Waals surface area (Å²) in [4.78, 5) is 12.1. The van der Waals surface area contributed by atoms with E-state index in [1.807, 2.05) is 6.07 Å². The van der Waals surface area contributed by atoms with Gasteiger partial charge in [-0.05, 0) is 30.7 Å². The van der Waals surface area contributed by atoms with Crippen molar-refractivity contribution in [2.75, 3.05) is 22.4 Å². The van der Waals surface area contributed by atoms with Crippen LogP contribution in [0.2, 0.25) is 10.0 Å². The van der Waals surface area contributed by atoms with Crippen molar-refractivity contribution in [3.8, 4) is 0 Å². The highest BCUT2D eigenvalue weighted by Crippen LogP contribution is 2.29. The average molecular weight is 401 g/mol. The molecular weight excluding hydrogens is 383 g/mol. The number of benzene rings is 2. The summed E-state index contributed by atoms with van der Waals surface area (Å²) in [7, 11) is -3.42. The Morgan fingerprint density at radius 3 is 2.40 bits per heavy atom. The Kier molecular flexibility index (Phi) is 6.70. The van der Waals surface area contributed by atoms with Crippen molar-refractivity contribution in [3.63, 3.8) is 0 Å². The van der Waals surface area contributed by atoms with E-state index in [0.717, 1.165) is 6.26 Å². The minimum Gasteiger partial charge on any atom is -0.325 e. The van der Waals surface area contributed by atoms with Gasteiger partial charge in [0.25, 0.3) is 0 Å². The van der Waals surface area contributed by atoms with Gasteiger partial charge in [0.15, 0.2) is 0 Å². The summed E-state index contributed by atoms with van der Waals surface area (Å²) >= 11 is 11.9. The Labute approximate surface area is 157 Å². The average Bonchev–Trinajstić information content (AvgIpc) is 2.55. The number of nitrogens with zero attached hydrogens (tertiary/aromatic N) is 1. The van der Waals surface area contributed by atoms with Crippen molar-refractivity contribution >= 4 is 50.5 Å². The fourth-order valence-corrected chi connectivity index (χ4v) is 3.59. The summed E-state index contributed by atoms with van der Waals surface area (Å²) in [6.45, 7) is 0.208. The van der Waals surface area contributed by atoms with Gasteiger partial charge < -0.3 is 5.32 Å². The van der Waals surface area contributed by atoms with E-state index in [0.29, 0.717) is 22.8 Å². The molecule has 0 saturated heterocycles. The number of para-hydroxylation sites is 1. The highest BCUT2D eigenvalue weighted by molar-refractivity contribution is 7.92. The monoisotopic (exact) mass is 400 g/mol. The smallest absolute Gasteiger partial charge is 0.232 e. The van der Waals surface area contributed by atoms with Crippen LogP contribution >= 0.6 is 23.2 Å². The number of rotatable bonds is 7. The number of carbonyl (C=O) groups is 1. The number of carbonyl (C=O) groups excluding carboxylic acids is 1. The van der Waals surface area contributed by atoms with Gasteiger partial charge in [0.05, 0.1) is 27.7 Å². The van der Waals surface area contributed by atoms with E-state index in [2.05, 4.69) is 5.32 Å². The molecule has 0 radical (unpaired) electrons. The molecule has 0 spiro atoms. The number of halogens is 2. The number of hydrogen-bond acceptors (Lipinski definition) is 3. The molecule has 1 N–H and O–H groups in total. The Balaban J connectivity index is 1.96. The van der Waals surface area contributed by atoms with Crippen LogP contribution in [-0.2, 0) is 14.8 Å². The maximum absolute atomic E-state index is 12.1. The topological polar surface area (TPSA) is 66.5 Å². The molecule has 2 aromatic rings. The van der Waals surface area contributed by atoms with Gasteiger partial charge >= 0.3 is 0 Å². The quantitative estimate of drug-likeness (QED) is 0.757. The zero-order valence-corrected chi connectivity index (χ0v) is 15.9. The van der Waals surface area contributed by atoms with Gasteiger partial charge in [-0.2, -0.15) is 0 Å². The second-order valence-corrected chi connectivity index (χ2v) is 8.12. The summed E-state index contributed by atoms with van der Waals surface area (Å²) < 4.78 is 25.2. The summed E-state index contributed by atoms with van der Waals surface area (Å²) in [6, 6.07) is 13.7. The third-order valence-electron chi connectivity index (χ3n) is 3.44. The van der Waals surface area contributed by atoms with Gasteiger partial charge in [-0.25, -0.2) is 8.42 Å². The first-order valence-corrected chi connectivity index (χ1v) is 10.2. The zero-order chi connectivity index (χ0) is 18.4. The van der Waals surface area contributed by atoms with Crippen LogP contribution in [0.25, 0.3) is 0 Å². The second kappa shape index (κ2) is 8.56. The lowest BCUT2D eigenvalue weighted by molar-refractivity contribution is -0.116. The molecule has 0 fully saturated rings. The summed E-state index contributed by atoms with van der Waals surface area (Å²) in [5.74, 6) is -0.259. The summed E-state index contributed by atoms with van der Waals surface area (Å²) in [5.41, 5.74) is 1.01. The number of anilines is 2. The van der Waals surface area contributed by atoms with Crippen molar-refractivity contribution < 1.29 is 13.2 Å². The molecule has 1 amide bonds. The highest BCUT2D eigenvalue weighted by Gasteiger charge is 2.17. The summed E-state index contributed by atoms with van der Waals surface area (Å²) in [6.07, 6.45) is 1.67. The first-order chi connectivity index (χ1) is 11.8. The largest absolute Gasteiger partial charge is 0.325 e. The molecule has 0 aliphatic carbocycles. The fraction of sp³-hybridized carbons (Fsp3) is 0.235. The Bertz CT molecular complexity index is 842. The first-order valence-electron chi connectivity index (χ1n) is 7.55. The van der Waals surface area contributed by atoms with E-state index in [1.165, 1.54) is 4.31 Å². The Morgan fingerprint density at radius 2 is 1.76 bits per heavy atom. The van der Waals surface area contributed by atoms with Crippen LogP contribution < -0.4 is 9.62 Å². The minimum atomic E-state index is -3.42. The van der Waals surface area contributed by atoms with Crippen molar-refractivity contribution in [2.45, 2.75) is 12.8 Å². The molecule has 0 aliphatic rings. The van der Waals surface area contributed by atoms with Gasteiger partial charge in [-0.3, -0.25) is 9.10 Å². The Hall–Kier alpha value is -1.76. The predicted octanol–water partition coefficient (Wildman–Crippen LogP) is 4.18. The van der Waals surface area contributed by atoms with Crippen molar-refractivity contribution in [1.82, 2.24) is 0 Å². The Morgan fingerprint density at radius 1 is 1.08 bits per heavy atom. The van der Waals surface area contributed by atoms with E-state index in [1.54, 1.807) is 42.5 Å². The molecule has 0 saturated carbocycles. The van der Waals surface area contributed by atoms with Crippen molar-refractivity contribution in [2.24, 2.45) is 0 Å². The molecule has 2 rings (SSSR count). The SMILES string of the molecule is CS(=O)(=O)N(CCCC(=O)Nc1cccc(Cl)c1Cl)c1ccccc1. The first kappa shape index (κ1) is 19.6. The van der Waals surface area contributed by atoms with Crippen molar-refractivity contribution in [3.05, 3.63) is 58.6 Å². The van der Waals surface area contributed by atoms with Crippen LogP contribution in [0.15, 0.2) is 48.5 Å². The standard InChI is InChI=1S/C17H18Cl2N2O3S/c1-25(23,24)21(13-7-3-2-4-8-13)12-6-11-16(22)20-15-10-5-9-14(18)17(15)19/h2-5,7-10H,6,11-12H2,1H3,(H,20,22). The lowest BCUT2D eigenvalue weighted by atomic mass is 10.2. The molecule has 0 heterocycles. The van der Waals surface area contributed by atoms with E-state index >= 15 is 0 Å². The van der Waals surface area contributed by atoms with Crippen molar-refractivity contribution in [1.29, 1.82) is 0 Å². The number of amides is 1. The minimum absolute atomic E-state index is 0.154. The van der Waals surface area contributed by atoms with Gasteiger partial charge in [-0.15, -0.1) is 0 Å². The normalized spacial score (nSPS) is 11.2. The molecular formula is C17H18Cl2N2O3S. The van der Waals surface area contributed by atoms with E-state index in [9.17, 15) is 13.2 Å². The van der Waals surface area contributed by atoms with Gasteiger partial charge in [0, 0.05) is 13.0 Å². The maximum atomic E-state index is 12.1. The fourth-order valence-electron chi connectivity index (χ4n) is 2.28.